The van der Waals surface area contributed by atoms with Crippen LogP contribution in [-0.4, -0.2) is 79.6 Å². The molecule has 5 unspecified atom stereocenters. The largest absolute Gasteiger partial charge is 0.406 e. The third kappa shape index (κ3) is 11.9. The van der Waals surface area contributed by atoms with Crippen LogP contribution in [0.3, 0.4) is 0 Å². The van der Waals surface area contributed by atoms with Gasteiger partial charge in [-0.3, -0.25) is 13.8 Å². The molecule has 5 rings (SSSR count). The highest BCUT2D eigenvalue weighted by Gasteiger charge is 2.43. The second kappa shape index (κ2) is 20.1. The van der Waals surface area contributed by atoms with E-state index in [0.29, 0.717) is 50.8 Å². The Balaban J connectivity index is 1.33. The molecule has 13 heteroatoms. The molecule has 3 aromatic rings. The van der Waals surface area contributed by atoms with Crippen LogP contribution in [0.1, 0.15) is 76.5 Å². The van der Waals surface area contributed by atoms with Gasteiger partial charge in [-0.2, -0.15) is 11.8 Å². The lowest BCUT2D eigenvalue weighted by atomic mass is 9.79. The summed E-state index contributed by atoms with van der Waals surface area (Å²) in [5.74, 6) is 0.864. The van der Waals surface area contributed by atoms with E-state index in [1.165, 1.54) is 0 Å². The van der Waals surface area contributed by atoms with Gasteiger partial charge in [0.25, 0.3) is 0 Å². The number of nitrogens with one attached hydrogen (secondary N) is 4. The van der Waals surface area contributed by atoms with Gasteiger partial charge >= 0.3 is 13.8 Å². The molecule has 0 aliphatic carbocycles. The first-order chi connectivity index (χ1) is 26.0. The smallest absolute Gasteiger partial charge is 0.380 e. The fourth-order valence-electron chi connectivity index (χ4n) is 6.97. The molecule has 2 saturated heterocycles. The van der Waals surface area contributed by atoms with Crippen molar-refractivity contribution in [3.63, 3.8) is 0 Å². The summed E-state index contributed by atoms with van der Waals surface area (Å²) in [6.07, 6.45) is 2.39. The summed E-state index contributed by atoms with van der Waals surface area (Å²) in [5.41, 5.74) is 1.14. The Morgan fingerprint density at radius 2 is 1.50 bits per heavy atom. The Labute approximate surface area is 325 Å². The molecular formula is C41H57N4O7PS. The number of carbonyl (C=O) groups is 2. The zero-order chi connectivity index (χ0) is 38.4. The maximum atomic E-state index is 14.0. The van der Waals surface area contributed by atoms with Crippen LogP contribution in [0.2, 0.25) is 0 Å². The summed E-state index contributed by atoms with van der Waals surface area (Å²) in [5, 5.41) is 12.4. The van der Waals surface area contributed by atoms with Crippen molar-refractivity contribution in [2.24, 2.45) is 0 Å². The van der Waals surface area contributed by atoms with Crippen molar-refractivity contribution < 1.29 is 32.7 Å². The van der Waals surface area contributed by atoms with Crippen LogP contribution in [0.15, 0.2) is 91.0 Å². The molecule has 2 aliphatic heterocycles. The van der Waals surface area contributed by atoms with Crippen molar-refractivity contribution in [2.75, 3.05) is 38.7 Å². The summed E-state index contributed by atoms with van der Waals surface area (Å²) in [6.45, 7) is 9.09. The predicted molar refractivity (Wildman–Crippen MR) is 215 cm³/mol. The highest BCUT2D eigenvalue weighted by atomic mass is 32.2. The molecule has 0 bridgehead atoms. The molecule has 0 spiro atoms. The topological polar surface area (TPSA) is 136 Å². The summed E-state index contributed by atoms with van der Waals surface area (Å²) in [7, 11) is -3.72. The Hall–Kier alpha value is -3.22. The first kappa shape index (κ1) is 41.9. The van der Waals surface area contributed by atoms with E-state index in [1.807, 2.05) is 94.1 Å². The lowest BCUT2D eigenvalue weighted by Gasteiger charge is -2.39. The fourth-order valence-corrected chi connectivity index (χ4v) is 10.2. The van der Waals surface area contributed by atoms with E-state index in [2.05, 4.69) is 57.4 Å². The average Bonchev–Trinajstić information content (AvgIpc) is 3.71. The second-order valence-electron chi connectivity index (χ2n) is 14.6. The molecule has 3 aromatic carbocycles. The summed E-state index contributed by atoms with van der Waals surface area (Å²) < 4.78 is 38.8. The summed E-state index contributed by atoms with van der Waals surface area (Å²) in [6, 6.07) is 30.6. The standard InChI is InChI=1S/C41H57N4O7PS/c1-5-49-29-27-43-53(48,52-40(2,3)4)50-28-25-34(24-26-42-37(46)23-15-22-36-38-35(30-54-36)44-39(47)45-38)51-41(31-16-9-6-10-17-31,32-18-11-7-12-19-32)33-20-13-8-14-21-33/h6-14,16-21,34-36,38H,5,15,22-30H2,1-4H3,(H,42,46)(H,43,48)(H2,44,45,47). The van der Waals surface area contributed by atoms with E-state index in [9.17, 15) is 14.2 Å². The minimum Gasteiger partial charge on any atom is -0.380 e. The highest BCUT2D eigenvalue weighted by Crippen LogP contribution is 2.48. The van der Waals surface area contributed by atoms with Gasteiger partial charge in [0.2, 0.25) is 5.91 Å². The van der Waals surface area contributed by atoms with Crippen molar-refractivity contribution in [1.82, 2.24) is 21.0 Å². The molecule has 11 nitrogen and oxygen atoms in total. The van der Waals surface area contributed by atoms with Gasteiger partial charge in [-0.15, -0.1) is 0 Å². The van der Waals surface area contributed by atoms with Crippen LogP contribution in [0.4, 0.5) is 4.79 Å². The minimum atomic E-state index is -3.72. The van der Waals surface area contributed by atoms with Crippen molar-refractivity contribution in [1.29, 1.82) is 0 Å². The highest BCUT2D eigenvalue weighted by molar-refractivity contribution is 8.00. The third-order valence-electron chi connectivity index (χ3n) is 9.35. The fraction of sp³-hybridized carbons (Fsp3) is 0.512. The molecule has 5 atom stereocenters. The number of fused-ring (bicyclic) bond motifs is 1. The molecule has 0 saturated carbocycles. The first-order valence-corrected chi connectivity index (χ1v) is 21.7. The molecule has 2 aliphatic rings. The Morgan fingerprint density at radius 3 is 2.07 bits per heavy atom. The van der Waals surface area contributed by atoms with E-state index in [0.717, 1.165) is 35.3 Å². The number of hydrogen-bond acceptors (Lipinski definition) is 8. The quantitative estimate of drug-likeness (QED) is 0.0363. The molecule has 4 N–H and O–H groups in total. The molecule has 54 heavy (non-hydrogen) atoms. The van der Waals surface area contributed by atoms with Crippen LogP contribution in [0, 0.1) is 0 Å². The zero-order valence-corrected chi connectivity index (χ0v) is 33.7. The predicted octanol–water partition coefficient (Wildman–Crippen LogP) is 7.16. The number of thioether (sulfide) groups is 1. The van der Waals surface area contributed by atoms with Crippen LogP contribution in [0.25, 0.3) is 0 Å². The monoisotopic (exact) mass is 780 g/mol. The van der Waals surface area contributed by atoms with Crippen molar-refractivity contribution in [3.05, 3.63) is 108 Å². The molecule has 2 heterocycles. The zero-order valence-electron chi connectivity index (χ0n) is 32.0. The van der Waals surface area contributed by atoms with E-state index in [1.54, 1.807) is 0 Å². The minimum absolute atomic E-state index is 0.0276. The molecule has 2 fully saturated rings. The SMILES string of the molecule is CCOCCNP(=O)(OCCC(CCNC(=O)CCCC1SCC2NC(=O)NC21)OC(c1ccccc1)(c1ccccc1)c1ccccc1)OC(C)(C)C. The van der Waals surface area contributed by atoms with Gasteiger partial charge in [0.1, 0.15) is 5.60 Å². The molecular weight excluding hydrogens is 724 g/mol. The van der Waals surface area contributed by atoms with Crippen LogP contribution < -0.4 is 21.0 Å². The number of urea groups is 1. The van der Waals surface area contributed by atoms with Gasteiger partial charge in [-0.05, 0) is 70.1 Å². The maximum Gasteiger partial charge on any atom is 0.406 e. The molecule has 0 radical (unpaired) electrons. The van der Waals surface area contributed by atoms with Crippen molar-refractivity contribution in [3.8, 4) is 0 Å². The van der Waals surface area contributed by atoms with Crippen molar-refractivity contribution in [2.45, 2.75) is 94.4 Å². The van der Waals surface area contributed by atoms with Crippen LogP contribution in [-0.2, 0) is 33.5 Å². The number of benzene rings is 3. The van der Waals surface area contributed by atoms with E-state index in [4.69, 9.17) is 18.5 Å². The van der Waals surface area contributed by atoms with E-state index >= 15 is 0 Å². The van der Waals surface area contributed by atoms with Gasteiger partial charge < -0.3 is 25.4 Å². The van der Waals surface area contributed by atoms with E-state index in [-0.39, 0.29) is 30.6 Å². The number of carbonyl (C=O) groups excluding carboxylic acids is 2. The molecule has 3 amide bonds. The normalized spacial score (nSPS) is 20.1. The Morgan fingerprint density at radius 1 is 0.889 bits per heavy atom. The van der Waals surface area contributed by atoms with E-state index < -0.39 is 25.1 Å². The summed E-state index contributed by atoms with van der Waals surface area (Å²) >= 11 is 1.85. The van der Waals surface area contributed by atoms with Gasteiger partial charge in [-0.25, -0.2) is 14.4 Å². The van der Waals surface area contributed by atoms with Gasteiger partial charge in [0.15, 0.2) is 0 Å². The number of ether oxygens (including phenoxy) is 2. The van der Waals surface area contributed by atoms with Crippen LogP contribution >= 0.6 is 19.5 Å². The average molecular weight is 781 g/mol. The lowest BCUT2D eigenvalue weighted by molar-refractivity contribution is -0.121. The van der Waals surface area contributed by atoms with Gasteiger partial charge in [0.05, 0.1) is 37.0 Å². The number of hydrogen-bond donors (Lipinski definition) is 4. The maximum absolute atomic E-state index is 14.0. The lowest BCUT2D eigenvalue weighted by Crippen LogP contribution is -2.39. The number of amides is 3. The number of rotatable bonds is 22. The second-order valence-corrected chi connectivity index (χ2v) is 17.6. The third-order valence-corrected chi connectivity index (χ3v) is 12.8. The van der Waals surface area contributed by atoms with Crippen LogP contribution in [0.5, 0.6) is 0 Å². The molecule has 0 aromatic heterocycles. The molecule has 294 valence electrons. The Kier molecular flexibility index (Phi) is 15.6. The first-order valence-electron chi connectivity index (χ1n) is 19.1. The van der Waals surface area contributed by atoms with Gasteiger partial charge in [0, 0.05) is 37.1 Å². The Bertz CT molecular complexity index is 1550. The van der Waals surface area contributed by atoms with Gasteiger partial charge in [-0.1, -0.05) is 91.0 Å². The summed E-state index contributed by atoms with van der Waals surface area (Å²) in [4.78, 5) is 24.9. The van der Waals surface area contributed by atoms with Crippen molar-refractivity contribution >= 4 is 31.4 Å².